The van der Waals surface area contributed by atoms with Crippen molar-refractivity contribution in [1.82, 2.24) is 14.8 Å². The third-order valence-electron chi connectivity index (χ3n) is 2.74. The van der Waals surface area contributed by atoms with Gasteiger partial charge in [0, 0.05) is 23.7 Å². The number of halogens is 1. The minimum atomic E-state index is 0.355. The third kappa shape index (κ3) is 3.45. The molecule has 0 aliphatic rings. The van der Waals surface area contributed by atoms with Gasteiger partial charge in [-0.3, -0.25) is 0 Å². The van der Waals surface area contributed by atoms with Crippen molar-refractivity contribution in [3.05, 3.63) is 40.9 Å². The Bertz CT molecular complexity index is 541. The monoisotopic (exact) mass is 280 g/mol. The highest BCUT2D eigenvalue weighted by atomic mass is 35.5. The molecule has 0 atom stereocenters. The van der Waals surface area contributed by atoms with Crippen LogP contribution in [0.3, 0.4) is 0 Å². The summed E-state index contributed by atoms with van der Waals surface area (Å²) in [7, 11) is 0. The Morgan fingerprint density at radius 1 is 1.42 bits per heavy atom. The predicted octanol–water partition coefficient (Wildman–Crippen LogP) is 2.38. The van der Waals surface area contributed by atoms with E-state index in [-0.39, 0.29) is 0 Å². The van der Waals surface area contributed by atoms with Gasteiger partial charge in [-0.05, 0) is 18.6 Å². The second kappa shape index (κ2) is 6.54. The molecule has 5 nitrogen and oxygen atoms in total. The van der Waals surface area contributed by atoms with Crippen LogP contribution in [0.15, 0.2) is 24.5 Å². The van der Waals surface area contributed by atoms with Gasteiger partial charge in [0.2, 0.25) is 0 Å². The van der Waals surface area contributed by atoms with E-state index in [4.69, 9.17) is 22.1 Å². The smallest absolute Gasteiger partial charge is 0.164 e. The Hall–Kier alpha value is -1.59. The third-order valence-corrected chi connectivity index (χ3v) is 2.97. The molecule has 0 aliphatic carbocycles. The molecule has 0 radical (unpaired) electrons. The van der Waals surface area contributed by atoms with E-state index in [2.05, 4.69) is 17.0 Å². The van der Waals surface area contributed by atoms with Crippen molar-refractivity contribution in [2.75, 3.05) is 0 Å². The molecule has 2 rings (SSSR count). The van der Waals surface area contributed by atoms with Crippen LogP contribution in [0.4, 0.5) is 0 Å². The molecule has 6 heteroatoms. The molecule has 1 heterocycles. The van der Waals surface area contributed by atoms with Crippen LogP contribution in [0.1, 0.15) is 24.7 Å². The number of aryl methyl sites for hydroxylation is 1. The zero-order valence-corrected chi connectivity index (χ0v) is 11.6. The first-order chi connectivity index (χ1) is 9.24. The SMILES string of the molecule is CCCn1ncnc1COc1cc(Cl)ccc1CN. The second-order valence-corrected chi connectivity index (χ2v) is 4.58. The van der Waals surface area contributed by atoms with Crippen LogP contribution in [0.25, 0.3) is 0 Å². The van der Waals surface area contributed by atoms with E-state index in [9.17, 15) is 0 Å². The summed E-state index contributed by atoms with van der Waals surface area (Å²) in [5.74, 6) is 1.49. The Labute approximate surface area is 117 Å². The second-order valence-electron chi connectivity index (χ2n) is 4.14. The predicted molar refractivity (Wildman–Crippen MR) is 74.0 cm³/mol. The summed E-state index contributed by atoms with van der Waals surface area (Å²) in [6, 6.07) is 5.44. The molecule has 19 heavy (non-hydrogen) atoms. The lowest BCUT2D eigenvalue weighted by atomic mass is 10.2. The standard InChI is InChI=1S/C13H17ClN4O/c1-2-5-18-13(16-9-17-18)8-19-12-6-11(14)4-3-10(12)7-15/h3-4,6,9H,2,5,7-8,15H2,1H3. The molecule has 0 unspecified atom stereocenters. The largest absolute Gasteiger partial charge is 0.485 e. The summed E-state index contributed by atoms with van der Waals surface area (Å²) in [6.07, 6.45) is 2.54. The van der Waals surface area contributed by atoms with Crippen LogP contribution in [0, 0.1) is 0 Å². The van der Waals surface area contributed by atoms with Crippen molar-refractivity contribution in [2.24, 2.45) is 5.73 Å². The van der Waals surface area contributed by atoms with Gasteiger partial charge in [-0.1, -0.05) is 24.6 Å². The van der Waals surface area contributed by atoms with Gasteiger partial charge in [-0.2, -0.15) is 5.10 Å². The minimum Gasteiger partial charge on any atom is -0.485 e. The normalized spacial score (nSPS) is 10.7. The van der Waals surface area contributed by atoms with Gasteiger partial charge in [-0.15, -0.1) is 0 Å². The highest BCUT2D eigenvalue weighted by molar-refractivity contribution is 6.30. The molecule has 2 N–H and O–H groups in total. The summed E-state index contributed by atoms with van der Waals surface area (Å²) in [5.41, 5.74) is 6.59. The fourth-order valence-corrected chi connectivity index (χ4v) is 1.93. The summed E-state index contributed by atoms with van der Waals surface area (Å²) < 4.78 is 7.59. The first-order valence-electron chi connectivity index (χ1n) is 6.22. The van der Waals surface area contributed by atoms with E-state index in [1.54, 1.807) is 12.1 Å². The molecule has 0 fully saturated rings. The Balaban J connectivity index is 2.09. The van der Waals surface area contributed by atoms with Crippen LogP contribution in [-0.4, -0.2) is 14.8 Å². The van der Waals surface area contributed by atoms with Gasteiger partial charge < -0.3 is 10.5 Å². The first-order valence-corrected chi connectivity index (χ1v) is 6.60. The number of nitrogens with zero attached hydrogens (tertiary/aromatic N) is 3. The summed E-state index contributed by atoms with van der Waals surface area (Å²) in [5, 5.41) is 4.78. The molecule has 2 aromatic rings. The molecule has 1 aromatic carbocycles. The average Bonchev–Trinajstić information content (AvgIpc) is 2.84. The van der Waals surface area contributed by atoms with Crippen molar-refractivity contribution >= 4 is 11.6 Å². The zero-order valence-electron chi connectivity index (χ0n) is 10.8. The van der Waals surface area contributed by atoms with Crippen LogP contribution in [0.2, 0.25) is 5.02 Å². The number of aromatic nitrogens is 3. The quantitative estimate of drug-likeness (QED) is 0.882. The van der Waals surface area contributed by atoms with Crippen molar-refractivity contribution < 1.29 is 4.74 Å². The number of hydrogen-bond acceptors (Lipinski definition) is 4. The van der Waals surface area contributed by atoms with E-state index >= 15 is 0 Å². The van der Waals surface area contributed by atoms with E-state index in [0.717, 1.165) is 24.4 Å². The lowest BCUT2D eigenvalue weighted by Crippen LogP contribution is -2.09. The molecule has 0 saturated heterocycles. The van der Waals surface area contributed by atoms with Crippen molar-refractivity contribution in [2.45, 2.75) is 33.0 Å². The van der Waals surface area contributed by atoms with Gasteiger partial charge in [0.1, 0.15) is 18.7 Å². The number of benzene rings is 1. The number of nitrogens with two attached hydrogens (primary N) is 1. The fourth-order valence-electron chi connectivity index (χ4n) is 1.77. The highest BCUT2D eigenvalue weighted by Crippen LogP contribution is 2.23. The summed E-state index contributed by atoms with van der Waals surface area (Å²) in [4.78, 5) is 4.19. The fraction of sp³-hybridized carbons (Fsp3) is 0.385. The lowest BCUT2D eigenvalue weighted by molar-refractivity contribution is 0.283. The first kappa shape index (κ1) is 13.8. The molecule has 0 bridgehead atoms. The minimum absolute atomic E-state index is 0.355. The number of rotatable bonds is 6. The van der Waals surface area contributed by atoms with Crippen LogP contribution >= 0.6 is 11.6 Å². The molecular formula is C13H17ClN4O. The Kier molecular flexibility index (Phi) is 4.76. The van der Waals surface area contributed by atoms with E-state index in [1.165, 1.54) is 6.33 Å². The molecule has 0 saturated carbocycles. The Morgan fingerprint density at radius 3 is 3.00 bits per heavy atom. The molecule has 102 valence electrons. The topological polar surface area (TPSA) is 66.0 Å². The molecule has 0 amide bonds. The zero-order chi connectivity index (χ0) is 13.7. The van der Waals surface area contributed by atoms with Gasteiger partial charge in [0.15, 0.2) is 5.82 Å². The summed E-state index contributed by atoms with van der Waals surface area (Å²) >= 11 is 5.96. The maximum atomic E-state index is 5.96. The number of hydrogen-bond donors (Lipinski definition) is 1. The molecule has 1 aromatic heterocycles. The van der Waals surface area contributed by atoms with Crippen molar-refractivity contribution in [1.29, 1.82) is 0 Å². The molecule has 0 aliphatic heterocycles. The van der Waals surface area contributed by atoms with Crippen LogP contribution in [-0.2, 0) is 19.7 Å². The summed E-state index contributed by atoms with van der Waals surface area (Å²) in [6.45, 7) is 3.69. The van der Waals surface area contributed by atoms with Gasteiger partial charge in [-0.25, -0.2) is 9.67 Å². The van der Waals surface area contributed by atoms with E-state index in [1.807, 2.05) is 10.7 Å². The van der Waals surface area contributed by atoms with Gasteiger partial charge in [0.25, 0.3) is 0 Å². The lowest BCUT2D eigenvalue weighted by Gasteiger charge is -2.11. The Morgan fingerprint density at radius 2 is 2.26 bits per heavy atom. The van der Waals surface area contributed by atoms with Gasteiger partial charge in [0.05, 0.1) is 0 Å². The average molecular weight is 281 g/mol. The van der Waals surface area contributed by atoms with Crippen LogP contribution < -0.4 is 10.5 Å². The van der Waals surface area contributed by atoms with Gasteiger partial charge >= 0.3 is 0 Å². The molecule has 0 spiro atoms. The van der Waals surface area contributed by atoms with Crippen LogP contribution in [0.5, 0.6) is 5.75 Å². The highest BCUT2D eigenvalue weighted by Gasteiger charge is 2.07. The van der Waals surface area contributed by atoms with E-state index in [0.29, 0.717) is 23.9 Å². The van der Waals surface area contributed by atoms with Crippen molar-refractivity contribution in [3.63, 3.8) is 0 Å². The maximum absolute atomic E-state index is 5.96. The molecular weight excluding hydrogens is 264 g/mol. The van der Waals surface area contributed by atoms with E-state index < -0.39 is 0 Å². The van der Waals surface area contributed by atoms with Crippen molar-refractivity contribution in [3.8, 4) is 5.75 Å². The maximum Gasteiger partial charge on any atom is 0.164 e. The number of ether oxygens (including phenoxy) is 1.